The van der Waals surface area contributed by atoms with Gasteiger partial charge in [-0.15, -0.1) is 0 Å². The number of ether oxygens (including phenoxy) is 1. The lowest BCUT2D eigenvalue weighted by atomic mass is 10.2. The van der Waals surface area contributed by atoms with Gasteiger partial charge in [-0.05, 0) is 26.0 Å². The molecule has 0 heterocycles. The molecule has 1 nitrogen and oxygen atoms in total. The first kappa shape index (κ1) is 10.9. The molecule has 78 valence electrons. The molecular formula is C10H11F3O. The highest BCUT2D eigenvalue weighted by Crippen LogP contribution is 2.26. The SMILES string of the molecule is Cc1ccc(OC(F)(F)C(C)F)cc1. The standard InChI is InChI=1S/C10H11F3O/c1-7-3-5-9(6-4-7)14-10(12,13)8(2)11/h3-6,8H,1-2H3. The second-order valence-corrected chi connectivity index (χ2v) is 3.09. The van der Waals surface area contributed by atoms with Crippen LogP contribution in [0.15, 0.2) is 24.3 Å². The molecule has 0 N–H and O–H groups in total. The second-order valence-electron chi connectivity index (χ2n) is 3.09. The van der Waals surface area contributed by atoms with Gasteiger partial charge in [0, 0.05) is 0 Å². The molecule has 0 aliphatic heterocycles. The van der Waals surface area contributed by atoms with Crippen molar-refractivity contribution in [1.82, 2.24) is 0 Å². The number of rotatable bonds is 3. The Morgan fingerprint density at radius 2 is 1.71 bits per heavy atom. The average molecular weight is 204 g/mol. The highest BCUT2D eigenvalue weighted by molar-refractivity contribution is 5.26. The summed E-state index contributed by atoms with van der Waals surface area (Å²) in [7, 11) is 0. The van der Waals surface area contributed by atoms with Gasteiger partial charge in [-0.3, -0.25) is 0 Å². The Labute approximate surface area is 80.5 Å². The molecule has 0 aromatic heterocycles. The van der Waals surface area contributed by atoms with Crippen LogP contribution in [0, 0.1) is 6.92 Å². The maximum absolute atomic E-state index is 12.7. The maximum Gasteiger partial charge on any atom is 0.429 e. The predicted molar refractivity (Wildman–Crippen MR) is 47.3 cm³/mol. The van der Waals surface area contributed by atoms with E-state index in [4.69, 9.17) is 0 Å². The van der Waals surface area contributed by atoms with Gasteiger partial charge in [0.05, 0.1) is 0 Å². The second kappa shape index (κ2) is 3.90. The minimum atomic E-state index is -3.77. The zero-order valence-corrected chi connectivity index (χ0v) is 7.93. The zero-order chi connectivity index (χ0) is 10.8. The normalized spacial score (nSPS) is 13.8. The summed E-state index contributed by atoms with van der Waals surface area (Å²) in [5.41, 5.74) is 0.925. The number of hydrogen-bond acceptors (Lipinski definition) is 1. The first-order chi connectivity index (χ1) is 6.42. The molecule has 0 fully saturated rings. The van der Waals surface area contributed by atoms with Gasteiger partial charge in [0.15, 0.2) is 0 Å². The number of halogens is 3. The lowest BCUT2D eigenvalue weighted by Crippen LogP contribution is -2.34. The van der Waals surface area contributed by atoms with Gasteiger partial charge in [0.1, 0.15) is 5.75 Å². The van der Waals surface area contributed by atoms with Crippen molar-refractivity contribution in [2.75, 3.05) is 0 Å². The van der Waals surface area contributed by atoms with Crippen molar-refractivity contribution in [3.05, 3.63) is 29.8 Å². The van der Waals surface area contributed by atoms with Gasteiger partial charge >= 0.3 is 6.11 Å². The monoisotopic (exact) mass is 204 g/mol. The molecule has 0 amide bonds. The van der Waals surface area contributed by atoms with Crippen LogP contribution in [-0.4, -0.2) is 12.3 Å². The van der Waals surface area contributed by atoms with Gasteiger partial charge in [0.25, 0.3) is 0 Å². The Hall–Kier alpha value is -1.19. The van der Waals surface area contributed by atoms with Crippen LogP contribution in [0.25, 0.3) is 0 Å². The van der Waals surface area contributed by atoms with Crippen LogP contribution in [0.5, 0.6) is 5.75 Å². The van der Waals surface area contributed by atoms with E-state index in [2.05, 4.69) is 4.74 Å². The summed E-state index contributed by atoms with van der Waals surface area (Å²) in [5.74, 6) is -0.0369. The fourth-order valence-corrected chi connectivity index (χ4v) is 0.845. The number of benzene rings is 1. The summed E-state index contributed by atoms with van der Waals surface area (Å²) in [6, 6.07) is 6.00. The third kappa shape index (κ3) is 2.65. The quantitative estimate of drug-likeness (QED) is 0.733. The molecule has 1 atom stereocenters. The summed E-state index contributed by atoms with van der Waals surface area (Å²) in [4.78, 5) is 0. The van der Waals surface area contributed by atoms with Crippen molar-refractivity contribution >= 4 is 0 Å². The summed E-state index contributed by atoms with van der Waals surface area (Å²) in [6.45, 7) is 2.58. The van der Waals surface area contributed by atoms with Crippen LogP contribution < -0.4 is 4.74 Å². The average Bonchev–Trinajstić information content (AvgIpc) is 2.08. The molecule has 0 bridgehead atoms. The molecule has 4 heteroatoms. The molecule has 1 aromatic rings. The van der Waals surface area contributed by atoms with E-state index in [0.29, 0.717) is 0 Å². The Morgan fingerprint density at radius 3 is 2.14 bits per heavy atom. The topological polar surface area (TPSA) is 9.23 Å². The van der Waals surface area contributed by atoms with E-state index in [9.17, 15) is 13.2 Å². The number of hydrogen-bond donors (Lipinski definition) is 0. The fraction of sp³-hybridized carbons (Fsp3) is 0.400. The van der Waals surface area contributed by atoms with E-state index >= 15 is 0 Å². The summed E-state index contributed by atoms with van der Waals surface area (Å²) in [6.07, 6.45) is -6.10. The Morgan fingerprint density at radius 1 is 1.21 bits per heavy atom. The largest absolute Gasteiger partial charge is 0.430 e. The van der Waals surface area contributed by atoms with Crippen molar-refractivity contribution in [2.45, 2.75) is 26.1 Å². The molecule has 1 rings (SSSR count). The molecule has 0 saturated heterocycles. The van der Waals surface area contributed by atoms with Crippen LogP contribution >= 0.6 is 0 Å². The number of alkyl halides is 3. The van der Waals surface area contributed by atoms with E-state index < -0.39 is 12.3 Å². The minimum Gasteiger partial charge on any atom is -0.430 e. The van der Waals surface area contributed by atoms with Gasteiger partial charge < -0.3 is 4.74 Å². The zero-order valence-electron chi connectivity index (χ0n) is 7.93. The molecule has 1 unspecified atom stereocenters. The maximum atomic E-state index is 12.7. The summed E-state index contributed by atoms with van der Waals surface area (Å²) >= 11 is 0. The third-order valence-electron chi connectivity index (χ3n) is 1.74. The van der Waals surface area contributed by atoms with Gasteiger partial charge in [-0.2, -0.15) is 8.78 Å². The van der Waals surface area contributed by atoms with Crippen molar-refractivity contribution < 1.29 is 17.9 Å². The van der Waals surface area contributed by atoms with E-state index in [1.54, 1.807) is 12.1 Å². The van der Waals surface area contributed by atoms with E-state index in [-0.39, 0.29) is 5.75 Å². The first-order valence-electron chi connectivity index (χ1n) is 4.19. The van der Waals surface area contributed by atoms with E-state index in [1.807, 2.05) is 6.92 Å². The van der Waals surface area contributed by atoms with Crippen molar-refractivity contribution in [2.24, 2.45) is 0 Å². The van der Waals surface area contributed by atoms with E-state index in [1.165, 1.54) is 12.1 Å². The molecule has 0 saturated carbocycles. The van der Waals surface area contributed by atoms with Gasteiger partial charge in [0.2, 0.25) is 6.17 Å². The third-order valence-corrected chi connectivity index (χ3v) is 1.74. The van der Waals surface area contributed by atoms with Crippen LogP contribution in [0.1, 0.15) is 12.5 Å². The van der Waals surface area contributed by atoms with Crippen molar-refractivity contribution in [3.63, 3.8) is 0 Å². The van der Waals surface area contributed by atoms with Gasteiger partial charge in [-0.25, -0.2) is 4.39 Å². The summed E-state index contributed by atoms with van der Waals surface area (Å²) in [5, 5.41) is 0. The van der Waals surface area contributed by atoms with Crippen LogP contribution in [0.3, 0.4) is 0 Å². The van der Waals surface area contributed by atoms with E-state index in [0.717, 1.165) is 12.5 Å². The molecule has 14 heavy (non-hydrogen) atoms. The molecule has 0 spiro atoms. The molecule has 0 aliphatic carbocycles. The number of aryl methyl sites for hydroxylation is 1. The molecule has 1 aromatic carbocycles. The minimum absolute atomic E-state index is 0.0369. The van der Waals surface area contributed by atoms with Crippen LogP contribution in [-0.2, 0) is 0 Å². The Kier molecular flexibility index (Phi) is 3.03. The van der Waals surface area contributed by atoms with Gasteiger partial charge in [-0.1, -0.05) is 17.7 Å². The fourth-order valence-electron chi connectivity index (χ4n) is 0.845. The highest BCUT2D eigenvalue weighted by Gasteiger charge is 2.39. The smallest absolute Gasteiger partial charge is 0.429 e. The predicted octanol–water partition coefficient (Wildman–Crippen LogP) is 3.32. The lowest BCUT2D eigenvalue weighted by molar-refractivity contribution is -0.215. The first-order valence-corrected chi connectivity index (χ1v) is 4.19. The Bertz CT molecular complexity index is 293. The molecule has 0 radical (unpaired) electrons. The Balaban J connectivity index is 2.74. The van der Waals surface area contributed by atoms with Crippen molar-refractivity contribution in [3.8, 4) is 5.75 Å². The van der Waals surface area contributed by atoms with Crippen LogP contribution in [0.4, 0.5) is 13.2 Å². The van der Waals surface area contributed by atoms with Crippen LogP contribution in [0.2, 0.25) is 0 Å². The highest BCUT2D eigenvalue weighted by atomic mass is 19.3. The molecule has 0 aliphatic rings. The summed E-state index contributed by atoms with van der Waals surface area (Å²) < 4.78 is 42.0. The van der Waals surface area contributed by atoms with Crippen molar-refractivity contribution in [1.29, 1.82) is 0 Å². The lowest BCUT2D eigenvalue weighted by Gasteiger charge is -2.18. The molecular weight excluding hydrogens is 193 g/mol.